The molecule has 92 valence electrons. The first-order valence-electron chi connectivity index (χ1n) is 5.36. The molecule has 3 nitrogen and oxygen atoms in total. The van der Waals surface area contributed by atoms with Crippen molar-refractivity contribution in [3.63, 3.8) is 0 Å². The van der Waals surface area contributed by atoms with Gasteiger partial charge in [-0.15, -0.1) is 23.2 Å². The summed E-state index contributed by atoms with van der Waals surface area (Å²) in [6.45, 7) is 1.92. The van der Waals surface area contributed by atoms with E-state index < -0.39 is 4.33 Å². The van der Waals surface area contributed by atoms with Gasteiger partial charge in [0.05, 0.1) is 12.3 Å². The van der Waals surface area contributed by atoms with Crippen molar-refractivity contribution in [1.29, 1.82) is 0 Å². The van der Waals surface area contributed by atoms with Crippen molar-refractivity contribution >= 4 is 34.8 Å². The van der Waals surface area contributed by atoms with Gasteiger partial charge >= 0.3 is 0 Å². The Bertz CT molecular complexity index is 434. The van der Waals surface area contributed by atoms with E-state index >= 15 is 0 Å². The van der Waals surface area contributed by atoms with Crippen LogP contribution in [0, 0.1) is 5.92 Å². The van der Waals surface area contributed by atoms with Crippen molar-refractivity contribution in [2.75, 3.05) is 11.9 Å². The number of hydrogen-bond donors (Lipinski definition) is 1. The summed E-state index contributed by atoms with van der Waals surface area (Å²) in [6.07, 6.45) is 0.748. The molecular formula is C12H13Cl2NO2. The molecule has 0 radical (unpaired) electrons. The Hall–Kier alpha value is -0.930. The van der Waals surface area contributed by atoms with Crippen molar-refractivity contribution in [2.45, 2.75) is 17.7 Å². The number of ether oxygens (including phenoxy) is 1. The second kappa shape index (κ2) is 4.75. The van der Waals surface area contributed by atoms with E-state index in [1.807, 2.05) is 12.1 Å². The number of amides is 1. The van der Waals surface area contributed by atoms with E-state index in [2.05, 4.69) is 5.32 Å². The minimum Gasteiger partial charge on any atom is -0.491 e. The smallest absolute Gasteiger partial charge is 0.221 e. The van der Waals surface area contributed by atoms with E-state index in [1.165, 1.54) is 6.92 Å². The first kappa shape index (κ1) is 12.5. The first-order chi connectivity index (χ1) is 7.99. The zero-order valence-corrected chi connectivity index (χ0v) is 10.9. The fraction of sp³-hybridized carbons (Fsp3) is 0.417. The van der Waals surface area contributed by atoms with E-state index in [-0.39, 0.29) is 11.8 Å². The molecule has 1 aliphatic rings. The predicted octanol–water partition coefficient (Wildman–Crippen LogP) is 3.22. The molecule has 0 saturated heterocycles. The Labute approximate surface area is 110 Å². The van der Waals surface area contributed by atoms with Gasteiger partial charge in [-0.2, -0.15) is 0 Å². The maximum Gasteiger partial charge on any atom is 0.221 e. The van der Waals surface area contributed by atoms with Gasteiger partial charge in [0.25, 0.3) is 0 Å². The van der Waals surface area contributed by atoms with Gasteiger partial charge in [0, 0.05) is 12.8 Å². The van der Waals surface area contributed by atoms with Crippen LogP contribution in [0.2, 0.25) is 0 Å². The maximum atomic E-state index is 11.0. The van der Waals surface area contributed by atoms with Crippen molar-refractivity contribution < 1.29 is 9.53 Å². The van der Waals surface area contributed by atoms with Crippen LogP contribution in [0.3, 0.4) is 0 Å². The molecule has 5 heteroatoms. The van der Waals surface area contributed by atoms with E-state index in [1.54, 1.807) is 12.1 Å². The fourth-order valence-electron chi connectivity index (χ4n) is 1.53. The molecular weight excluding hydrogens is 261 g/mol. The van der Waals surface area contributed by atoms with Crippen LogP contribution < -0.4 is 10.1 Å². The lowest BCUT2D eigenvalue weighted by Gasteiger charge is -2.11. The Morgan fingerprint density at radius 2 is 2.18 bits per heavy atom. The lowest BCUT2D eigenvalue weighted by Crippen LogP contribution is -2.10. The van der Waals surface area contributed by atoms with Gasteiger partial charge in [0.1, 0.15) is 10.1 Å². The second-order valence-electron chi connectivity index (χ2n) is 4.15. The molecule has 1 unspecified atom stereocenters. The lowest BCUT2D eigenvalue weighted by atomic mass is 10.3. The van der Waals surface area contributed by atoms with Crippen LogP contribution in [0.5, 0.6) is 5.75 Å². The summed E-state index contributed by atoms with van der Waals surface area (Å²) < 4.78 is 4.98. The quantitative estimate of drug-likeness (QED) is 0.856. The number of nitrogens with one attached hydrogen (secondary N) is 1. The third kappa shape index (κ3) is 3.27. The average molecular weight is 274 g/mol. The zero-order chi connectivity index (χ0) is 12.5. The van der Waals surface area contributed by atoms with E-state index in [0.717, 1.165) is 6.42 Å². The van der Waals surface area contributed by atoms with Gasteiger partial charge in [-0.1, -0.05) is 12.1 Å². The van der Waals surface area contributed by atoms with Crippen LogP contribution in [0.15, 0.2) is 24.3 Å². The van der Waals surface area contributed by atoms with Crippen LogP contribution in [-0.2, 0) is 4.79 Å². The maximum absolute atomic E-state index is 11.0. The van der Waals surface area contributed by atoms with Crippen LogP contribution in [0.4, 0.5) is 5.69 Å². The molecule has 0 bridgehead atoms. The molecule has 1 aliphatic carbocycles. The molecule has 0 spiro atoms. The average Bonchev–Trinajstić information content (AvgIpc) is 2.84. The molecule has 17 heavy (non-hydrogen) atoms. The summed E-state index contributed by atoms with van der Waals surface area (Å²) in [5.74, 6) is 0.673. The third-order valence-corrected chi connectivity index (χ3v) is 3.52. The van der Waals surface area contributed by atoms with Crippen LogP contribution >= 0.6 is 23.2 Å². The number of halogens is 2. The first-order valence-corrected chi connectivity index (χ1v) is 6.12. The topological polar surface area (TPSA) is 38.3 Å². The summed E-state index contributed by atoms with van der Waals surface area (Å²) in [7, 11) is 0. The van der Waals surface area contributed by atoms with E-state index in [0.29, 0.717) is 18.0 Å². The summed E-state index contributed by atoms with van der Waals surface area (Å²) in [6, 6.07) is 7.28. The molecule has 0 aromatic heterocycles. The van der Waals surface area contributed by atoms with Gasteiger partial charge in [0.2, 0.25) is 5.91 Å². The summed E-state index contributed by atoms with van der Waals surface area (Å²) in [5, 5.41) is 2.71. The molecule has 0 heterocycles. The Morgan fingerprint density at radius 3 is 2.76 bits per heavy atom. The number of hydrogen-bond acceptors (Lipinski definition) is 2. The van der Waals surface area contributed by atoms with Crippen LogP contribution in [-0.4, -0.2) is 16.8 Å². The Morgan fingerprint density at radius 1 is 1.53 bits per heavy atom. The number of benzene rings is 1. The second-order valence-corrected chi connectivity index (χ2v) is 5.69. The monoisotopic (exact) mass is 273 g/mol. The number of alkyl halides is 2. The minimum atomic E-state index is -0.636. The summed E-state index contributed by atoms with van der Waals surface area (Å²) in [4.78, 5) is 11.0. The van der Waals surface area contributed by atoms with Gasteiger partial charge in [0.15, 0.2) is 0 Å². The number of carbonyl (C=O) groups is 1. The summed E-state index contributed by atoms with van der Waals surface area (Å²) in [5.41, 5.74) is 0.662. The van der Waals surface area contributed by atoms with Crippen LogP contribution in [0.25, 0.3) is 0 Å². The Balaban J connectivity index is 1.98. The highest BCUT2D eigenvalue weighted by molar-refractivity contribution is 6.50. The highest BCUT2D eigenvalue weighted by Crippen LogP contribution is 2.53. The normalized spacial score (nSPS) is 20.8. The molecule has 2 rings (SSSR count). The molecule has 1 aromatic rings. The SMILES string of the molecule is CC(=O)Nc1ccccc1OCC1CC1(Cl)Cl. The number of rotatable bonds is 4. The fourth-order valence-corrected chi connectivity index (χ4v) is 2.02. The summed E-state index contributed by atoms with van der Waals surface area (Å²) >= 11 is 11.8. The highest BCUT2D eigenvalue weighted by atomic mass is 35.5. The number of carbonyl (C=O) groups excluding carboxylic acids is 1. The molecule has 0 aliphatic heterocycles. The number of para-hydroxylation sites is 2. The molecule has 1 atom stereocenters. The zero-order valence-electron chi connectivity index (χ0n) is 9.37. The Kier molecular flexibility index (Phi) is 3.50. The van der Waals surface area contributed by atoms with Crippen molar-refractivity contribution in [3.05, 3.63) is 24.3 Å². The van der Waals surface area contributed by atoms with Gasteiger partial charge in [-0.25, -0.2) is 0 Å². The van der Waals surface area contributed by atoms with Crippen molar-refractivity contribution in [1.82, 2.24) is 0 Å². The lowest BCUT2D eigenvalue weighted by molar-refractivity contribution is -0.114. The van der Waals surface area contributed by atoms with Gasteiger partial charge < -0.3 is 10.1 Å². The number of anilines is 1. The molecule has 1 aromatic carbocycles. The largest absolute Gasteiger partial charge is 0.491 e. The highest BCUT2D eigenvalue weighted by Gasteiger charge is 2.52. The third-order valence-electron chi connectivity index (χ3n) is 2.59. The predicted molar refractivity (Wildman–Crippen MR) is 68.8 cm³/mol. The van der Waals surface area contributed by atoms with E-state index in [4.69, 9.17) is 27.9 Å². The van der Waals surface area contributed by atoms with Crippen molar-refractivity contribution in [2.24, 2.45) is 5.92 Å². The van der Waals surface area contributed by atoms with Gasteiger partial charge in [-0.3, -0.25) is 4.79 Å². The van der Waals surface area contributed by atoms with Crippen molar-refractivity contribution in [3.8, 4) is 5.75 Å². The molecule has 1 N–H and O–H groups in total. The van der Waals surface area contributed by atoms with E-state index in [9.17, 15) is 4.79 Å². The van der Waals surface area contributed by atoms with Crippen LogP contribution in [0.1, 0.15) is 13.3 Å². The molecule has 1 saturated carbocycles. The van der Waals surface area contributed by atoms with Gasteiger partial charge in [-0.05, 0) is 18.6 Å². The standard InChI is InChI=1S/C12H13Cl2NO2/c1-8(16)15-10-4-2-3-5-11(10)17-7-9-6-12(9,13)14/h2-5,9H,6-7H2,1H3,(H,15,16). The minimum absolute atomic E-state index is 0.128. The molecule has 1 fully saturated rings. The molecule has 1 amide bonds.